The zero-order valence-electron chi connectivity index (χ0n) is 17.8. The number of carbonyl (C=O) groups is 1. The van der Waals surface area contributed by atoms with Gasteiger partial charge in [0.25, 0.3) is 0 Å². The quantitative estimate of drug-likeness (QED) is 0.683. The zero-order valence-corrected chi connectivity index (χ0v) is 18.6. The molecule has 1 N–H and O–H groups in total. The Morgan fingerprint density at radius 2 is 2.06 bits per heavy atom. The fourth-order valence-electron chi connectivity index (χ4n) is 4.12. The smallest absolute Gasteiger partial charge is 0.346 e. The van der Waals surface area contributed by atoms with Crippen molar-refractivity contribution in [1.82, 2.24) is 24.6 Å². The summed E-state index contributed by atoms with van der Waals surface area (Å²) in [5.41, 5.74) is 1.01. The van der Waals surface area contributed by atoms with Gasteiger partial charge < -0.3 is 15.0 Å². The Morgan fingerprint density at radius 3 is 2.81 bits per heavy atom. The minimum atomic E-state index is -0.476. The van der Waals surface area contributed by atoms with Crippen molar-refractivity contribution in [2.75, 3.05) is 50.8 Å². The molecule has 0 radical (unpaired) electrons. The molecular formula is C21H29ClN6O3. The van der Waals surface area contributed by atoms with Crippen LogP contribution in [0.4, 0.5) is 5.69 Å². The molecule has 3 heterocycles. The van der Waals surface area contributed by atoms with Gasteiger partial charge in [-0.2, -0.15) is 5.10 Å². The average Bonchev–Trinajstić information content (AvgIpc) is 3.11. The highest BCUT2D eigenvalue weighted by Gasteiger charge is 2.28. The number of aryl methyl sites for hydroxylation is 1. The van der Waals surface area contributed by atoms with Gasteiger partial charge in [-0.15, -0.1) is 0 Å². The van der Waals surface area contributed by atoms with E-state index in [-0.39, 0.29) is 18.0 Å². The standard InChI is InChI=1S/C21H29ClN6O3/c1-2-28-21(30)27-12-13-31-18(20(27)24-28)15-19(29)23-6-7-25-8-10-26(11-9-25)17-5-3-4-16(22)14-17/h3-5,14,18H,2,6-13,15H2,1H3,(H,23,29). The minimum Gasteiger partial charge on any atom is -0.369 e. The Labute approximate surface area is 186 Å². The molecule has 1 atom stereocenters. The first kappa shape index (κ1) is 21.9. The Morgan fingerprint density at radius 1 is 1.26 bits per heavy atom. The lowest BCUT2D eigenvalue weighted by molar-refractivity contribution is -0.125. The molecular weight excluding hydrogens is 420 g/mol. The van der Waals surface area contributed by atoms with Crippen molar-refractivity contribution in [1.29, 1.82) is 0 Å². The molecule has 10 heteroatoms. The third-order valence-electron chi connectivity index (χ3n) is 5.84. The molecule has 1 fully saturated rings. The average molecular weight is 449 g/mol. The largest absolute Gasteiger partial charge is 0.369 e. The highest BCUT2D eigenvalue weighted by molar-refractivity contribution is 6.30. The molecule has 4 rings (SSSR count). The number of nitrogens with zero attached hydrogens (tertiary/aromatic N) is 5. The molecule has 168 valence electrons. The second kappa shape index (κ2) is 9.84. The van der Waals surface area contributed by atoms with Crippen molar-refractivity contribution in [3.05, 3.63) is 45.6 Å². The number of fused-ring (bicyclic) bond motifs is 1. The molecule has 2 aliphatic rings. The lowest BCUT2D eigenvalue weighted by Gasteiger charge is -2.36. The summed E-state index contributed by atoms with van der Waals surface area (Å²) in [4.78, 5) is 29.4. The van der Waals surface area contributed by atoms with Crippen molar-refractivity contribution < 1.29 is 9.53 Å². The van der Waals surface area contributed by atoms with Crippen molar-refractivity contribution in [3.8, 4) is 0 Å². The summed E-state index contributed by atoms with van der Waals surface area (Å²) < 4.78 is 8.75. The molecule has 1 saturated heterocycles. The maximum Gasteiger partial charge on any atom is 0.346 e. The zero-order chi connectivity index (χ0) is 21.8. The molecule has 31 heavy (non-hydrogen) atoms. The number of carbonyl (C=O) groups excluding carboxylic acids is 1. The Bertz CT molecular complexity index is 966. The van der Waals surface area contributed by atoms with Crippen LogP contribution >= 0.6 is 11.6 Å². The van der Waals surface area contributed by atoms with Crippen LogP contribution in [-0.4, -0.2) is 71.0 Å². The number of benzene rings is 1. The van der Waals surface area contributed by atoms with Crippen molar-refractivity contribution in [2.24, 2.45) is 0 Å². The van der Waals surface area contributed by atoms with Crippen LogP contribution in [-0.2, 0) is 22.6 Å². The monoisotopic (exact) mass is 448 g/mol. The number of nitrogens with one attached hydrogen (secondary N) is 1. The molecule has 0 spiro atoms. The van der Waals surface area contributed by atoms with E-state index < -0.39 is 6.10 Å². The van der Waals surface area contributed by atoms with E-state index >= 15 is 0 Å². The highest BCUT2D eigenvalue weighted by atomic mass is 35.5. The fraction of sp³-hybridized carbons (Fsp3) is 0.571. The van der Waals surface area contributed by atoms with E-state index in [2.05, 4.69) is 26.3 Å². The van der Waals surface area contributed by atoms with Gasteiger partial charge in [0, 0.05) is 56.5 Å². The van der Waals surface area contributed by atoms with Gasteiger partial charge in [-0.3, -0.25) is 14.3 Å². The van der Waals surface area contributed by atoms with Crippen LogP contribution in [0, 0.1) is 0 Å². The van der Waals surface area contributed by atoms with E-state index in [1.54, 1.807) is 4.57 Å². The van der Waals surface area contributed by atoms with Crippen LogP contribution in [0.5, 0.6) is 0 Å². The van der Waals surface area contributed by atoms with Crippen LogP contribution in [0.15, 0.2) is 29.1 Å². The number of aromatic nitrogens is 3. The number of amides is 1. The number of hydrogen-bond acceptors (Lipinski definition) is 6. The third-order valence-corrected chi connectivity index (χ3v) is 6.07. The summed E-state index contributed by atoms with van der Waals surface area (Å²) in [7, 11) is 0. The Hall–Kier alpha value is -2.36. The lowest BCUT2D eigenvalue weighted by atomic mass is 10.2. The van der Waals surface area contributed by atoms with E-state index in [1.807, 2.05) is 25.1 Å². The molecule has 0 bridgehead atoms. The Kier molecular flexibility index (Phi) is 6.94. The van der Waals surface area contributed by atoms with Gasteiger partial charge >= 0.3 is 5.69 Å². The summed E-state index contributed by atoms with van der Waals surface area (Å²) in [5.74, 6) is 0.458. The number of halogens is 1. The van der Waals surface area contributed by atoms with Gasteiger partial charge in [-0.25, -0.2) is 9.48 Å². The van der Waals surface area contributed by atoms with E-state index in [1.165, 1.54) is 4.68 Å². The van der Waals surface area contributed by atoms with Gasteiger partial charge in [0.1, 0.15) is 6.10 Å². The van der Waals surface area contributed by atoms with Crippen LogP contribution in [0.1, 0.15) is 25.3 Å². The highest BCUT2D eigenvalue weighted by Crippen LogP contribution is 2.22. The van der Waals surface area contributed by atoms with Crippen LogP contribution in [0.25, 0.3) is 0 Å². The normalized spacial score (nSPS) is 19.3. The van der Waals surface area contributed by atoms with Crippen LogP contribution in [0.2, 0.25) is 5.02 Å². The predicted octanol–water partition coefficient (Wildman–Crippen LogP) is 1.12. The van der Waals surface area contributed by atoms with E-state index in [0.717, 1.165) is 43.4 Å². The maximum absolute atomic E-state index is 12.4. The molecule has 2 aromatic rings. The summed E-state index contributed by atoms with van der Waals surface area (Å²) >= 11 is 6.10. The van der Waals surface area contributed by atoms with E-state index in [9.17, 15) is 9.59 Å². The molecule has 0 saturated carbocycles. The lowest BCUT2D eigenvalue weighted by Crippen LogP contribution is -2.48. The predicted molar refractivity (Wildman–Crippen MR) is 119 cm³/mol. The van der Waals surface area contributed by atoms with Crippen LogP contribution in [0.3, 0.4) is 0 Å². The molecule has 9 nitrogen and oxygen atoms in total. The van der Waals surface area contributed by atoms with E-state index in [0.29, 0.717) is 32.1 Å². The summed E-state index contributed by atoms with van der Waals surface area (Å²) in [6, 6.07) is 7.94. The molecule has 1 amide bonds. The van der Waals surface area contributed by atoms with Gasteiger partial charge in [0.05, 0.1) is 19.6 Å². The molecule has 0 aliphatic carbocycles. The first-order valence-electron chi connectivity index (χ1n) is 10.8. The van der Waals surface area contributed by atoms with Crippen LogP contribution < -0.4 is 15.9 Å². The fourth-order valence-corrected chi connectivity index (χ4v) is 4.30. The molecule has 2 aliphatic heterocycles. The maximum atomic E-state index is 12.4. The van der Waals surface area contributed by atoms with Crippen molar-refractivity contribution >= 4 is 23.2 Å². The van der Waals surface area contributed by atoms with Crippen molar-refractivity contribution in [3.63, 3.8) is 0 Å². The van der Waals surface area contributed by atoms with Crippen molar-refractivity contribution in [2.45, 2.75) is 32.5 Å². The SMILES string of the molecule is CCn1nc2n(c1=O)CCOC2CC(=O)NCCN1CCN(c2cccc(Cl)c2)CC1. The van der Waals surface area contributed by atoms with E-state index in [4.69, 9.17) is 16.3 Å². The molecule has 1 unspecified atom stereocenters. The minimum absolute atomic E-state index is 0.0884. The van der Waals surface area contributed by atoms with Gasteiger partial charge in [0.2, 0.25) is 5.91 Å². The summed E-state index contributed by atoms with van der Waals surface area (Å²) in [5, 5.41) is 8.07. The topological polar surface area (TPSA) is 84.6 Å². The van der Waals surface area contributed by atoms with Gasteiger partial charge in [-0.05, 0) is 25.1 Å². The number of anilines is 1. The first-order chi connectivity index (χ1) is 15.0. The number of hydrogen-bond donors (Lipinski definition) is 1. The first-order valence-corrected chi connectivity index (χ1v) is 11.2. The molecule has 1 aromatic carbocycles. The van der Waals surface area contributed by atoms with Gasteiger partial charge in [0.15, 0.2) is 5.82 Å². The molecule has 1 aromatic heterocycles. The summed E-state index contributed by atoms with van der Waals surface area (Å²) in [6.45, 7) is 8.40. The summed E-state index contributed by atoms with van der Waals surface area (Å²) in [6.07, 6.45) is -0.307. The number of rotatable bonds is 7. The number of piperazine rings is 1. The Balaban J connectivity index is 1.21. The second-order valence-corrected chi connectivity index (χ2v) is 8.27. The number of ether oxygens (including phenoxy) is 1. The van der Waals surface area contributed by atoms with Gasteiger partial charge in [-0.1, -0.05) is 17.7 Å². The second-order valence-electron chi connectivity index (χ2n) is 7.83. The third kappa shape index (κ3) is 5.11.